The summed E-state index contributed by atoms with van der Waals surface area (Å²) in [4.78, 5) is 8.34. The quantitative estimate of drug-likeness (QED) is 0.739. The first kappa shape index (κ1) is 13.5. The fourth-order valence-electron chi connectivity index (χ4n) is 2.30. The van der Waals surface area contributed by atoms with E-state index in [2.05, 4.69) is 31.1 Å². The topological polar surface area (TPSA) is 29.8 Å². The molecule has 0 saturated carbocycles. The fraction of sp³-hybridized carbons (Fsp3) is 0.571. The molecule has 1 atom stereocenters. The van der Waals surface area contributed by atoms with Gasteiger partial charge in [0.05, 0.1) is 31.1 Å². The molecular weight excluding hydrogens is 226 g/mol. The Labute approximate surface area is 110 Å². The van der Waals surface area contributed by atoms with Gasteiger partial charge in [0.25, 0.3) is 0 Å². The molecule has 0 bridgehead atoms. The van der Waals surface area contributed by atoms with E-state index in [0.717, 1.165) is 44.9 Å². The summed E-state index contributed by atoms with van der Waals surface area (Å²) < 4.78 is 5.08. The normalized spacial score (nSPS) is 19.0. The molecule has 0 fully saturated rings. The number of nitrogens with zero attached hydrogens (tertiary/aromatic N) is 2. The van der Waals surface area contributed by atoms with Crippen molar-refractivity contribution in [2.24, 2.45) is 0 Å². The summed E-state index contributed by atoms with van der Waals surface area (Å²) in [7, 11) is 7.90. The standard InChI is InChI=1S/C14H23N3O/c1-16-7-6-14-12(10-16)4-5-13(15-14)11-17(2)8-9-18-3/h4-5,16H,1,6-11H2,2-3H3. The second-order valence-corrected chi connectivity index (χ2v) is 5.07. The molecule has 4 heteroatoms. The van der Waals surface area contributed by atoms with Gasteiger partial charge in [0.1, 0.15) is 0 Å². The molecule has 1 N–H and O–H groups in total. The number of nitrogens with one attached hydrogen (secondary N) is 1. The predicted molar refractivity (Wildman–Crippen MR) is 71.0 cm³/mol. The molecule has 0 saturated heterocycles. The van der Waals surface area contributed by atoms with Gasteiger partial charge in [0, 0.05) is 32.2 Å². The van der Waals surface area contributed by atoms with E-state index in [-0.39, 0.29) is 0 Å². The van der Waals surface area contributed by atoms with Gasteiger partial charge in [-0.15, -0.1) is 0 Å². The number of likely N-dealkylation sites (N-methyl/N-ethyl adjacent to an activating group) is 1. The first-order valence-electron chi connectivity index (χ1n) is 6.51. The average molecular weight is 249 g/mol. The molecule has 1 aliphatic rings. The van der Waals surface area contributed by atoms with Gasteiger partial charge in [0.15, 0.2) is 0 Å². The summed E-state index contributed by atoms with van der Waals surface area (Å²) in [6, 6.07) is 4.35. The third-order valence-corrected chi connectivity index (χ3v) is 3.39. The van der Waals surface area contributed by atoms with E-state index < -0.39 is 0 Å². The van der Waals surface area contributed by atoms with E-state index in [0.29, 0.717) is 0 Å². The van der Waals surface area contributed by atoms with Crippen molar-refractivity contribution in [2.75, 3.05) is 33.9 Å². The van der Waals surface area contributed by atoms with Crippen LogP contribution < -0.4 is 4.90 Å². The van der Waals surface area contributed by atoms with Crippen LogP contribution in [-0.4, -0.2) is 43.7 Å². The third-order valence-electron chi connectivity index (χ3n) is 3.39. The Morgan fingerprint density at radius 1 is 1.50 bits per heavy atom. The van der Waals surface area contributed by atoms with E-state index >= 15 is 0 Å². The third kappa shape index (κ3) is 3.51. The number of rotatable bonds is 5. The second-order valence-electron chi connectivity index (χ2n) is 5.07. The summed E-state index contributed by atoms with van der Waals surface area (Å²) in [5, 5.41) is 0. The van der Waals surface area contributed by atoms with E-state index in [1.54, 1.807) is 7.11 Å². The zero-order chi connectivity index (χ0) is 13.0. The summed E-state index contributed by atoms with van der Waals surface area (Å²) in [6.45, 7) is 4.68. The van der Waals surface area contributed by atoms with Crippen LogP contribution in [0.4, 0.5) is 0 Å². The van der Waals surface area contributed by atoms with E-state index in [9.17, 15) is 0 Å². The lowest BCUT2D eigenvalue weighted by Crippen LogP contribution is -3.06. The van der Waals surface area contributed by atoms with Crippen LogP contribution in [0.25, 0.3) is 0 Å². The monoisotopic (exact) mass is 249 g/mol. The summed E-state index contributed by atoms with van der Waals surface area (Å²) in [6.07, 6.45) is 1.05. The number of aromatic nitrogens is 1. The van der Waals surface area contributed by atoms with E-state index in [4.69, 9.17) is 9.72 Å². The molecule has 2 rings (SSSR count). The van der Waals surface area contributed by atoms with Crippen LogP contribution in [0.5, 0.6) is 0 Å². The number of hydrogen-bond donors (Lipinski definition) is 1. The van der Waals surface area contributed by atoms with Crippen LogP contribution in [0.1, 0.15) is 17.0 Å². The molecule has 1 aliphatic heterocycles. The van der Waals surface area contributed by atoms with Crippen molar-refractivity contribution in [3.63, 3.8) is 0 Å². The molecule has 0 radical (unpaired) electrons. The summed E-state index contributed by atoms with van der Waals surface area (Å²) in [5.74, 6) is 0. The first-order chi connectivity index (χ1) is 8.69. The zero-order valence-corrected chi connectivity index (χ0v) is 11.4. The molecule has 4 nitrogen and oxygen atoms in total. The minimum Gasteiger partial charge on any atom is -0.464 e. The van der Waals surface area contributed by atoms with Gasteiger partial charge in [-0.3, -0.25) is 9.88 Å². The Morgan fingerprint density at radius 3 is 3.11 bits per heavy atom. The van der Waals surface area contributed by atoms with Crippen molar-refractivity contribution in [1.82, 2.24) is 9.88 Å². The molecule has 0 amide bonds. The maximum absolute atomic E-state index is 5.08. The van der Waals surface area contributed by atoms with Crippen molar-refractivity contribution < 1.29 is 9.64 Å². The van der Waals surface area contributed by atoms with Crippen molar-refractivity contribution in [3.05, 3.63) is 36.1 Å². The Kier molecular flexibility index (Phi) is 4.69. The highest BCUT2D eigenvalue weighted by Crippen LogP contribution is 2.11. The largest absolute Gasteiger partial charge is 0.464 e. The van der Waals surface area contributed by atoms with Crippen molar-refractivity contribution in [1.29, 1.82) is 0 Å². The lowest BCUT2D eigenvalue weighted by atomic mass is 10.1. The molecular formula is C14H23N3O. The number of fused-ring (bicyclic) bond motifs is 1. The van der Waals surface area contributed by atoms with Crippen LogP contribution in [-0.2, 0) is 24.2 Å². The number of quaternary nitrogens is 1. The van der Waals surface area contributed by atoms with Gasteiger partial charge >= 0.3 is 0 Å². The van der Waals surface area contributed by atoms with Gasteiger partial charge in [-0.25, -0.2) is 0 Å². The minimum absolute atomic E-state index is 0.765. The Balaban J connectivity index is 1.98. The summed E-state index contributed by atoms with van der Waals surface area (Å²) in [5.41, 5.74) is 3.77. The second kappa shape index (κ2) is 6.27. The van der Waals surface area contributed by atoms with Crippen molar-refractivity contribution >= 4 is 0 Å². The van der Waals surface area contributed by atoms with E-state index in [1.165, 1.54) is 16.2 Å². The average Bonchev–Trinajstić information content (AvgIpc) is 2.36. The summed E-state index contributed by atoms with van der Waals surface area (Å²) >= 11 is 0. The number of methoxy groups -OCH3 is 1. The Bertz CT molecular complexity index is 395. The van der Waals surface area contributed by atoms with Gasteiger partial charge in [0.2, 0.25) is 0 Å². The maximum atomic E-state index is 5.08. The highest BCUT2D eigenvalue weighted by atomic mass is 16.5. The lowest BCUT2D eigenvalue weighted by molar-refractivity contribution is -0.870. The maximum Gasteiger partial charge on any atom is 0.0806 e. The number of ether oxygens (including phenoxy) is 1. The van der Waals surface area contributed by atoms with Crippen LogP contribution in [0, 0.1) is 7.05 Å². The van der Waals surface area contributed by atoms with Gasteiger partial charge in [-0.2, -0.15) is 7.05 Å². The molecule has 0 spiro atoms. The predicted octanol–water partition coefficient (Wildman–Crippen LogP) is -0.108. The van der Waals surface area contributed by atoms with Gasteiger partial charge in [-0.1, -0.05) is 0 Å². The molecule has 1 unspecified atom stereocenters. The molecule has 2 heterocycles. The van der Waals surface area contributed by atoms with E-state index in [1.807, 2.05) is 0 Å². The highest BCUT2D eigenvalue weighted by Gasteiger charge is 2.15. The lowest BCUT2D eigenvalue weighted by Gasteiger charge is -2.27. The molecule has 18 heavy (non-hydrogen) atoms. The van der Waals surface area contributed by atoms with Crippen LogP contribution in [0.3, 0.4) is 0 Å². The molecule has 1 aromatic rings. The Hall–Kier alpha value is -0.970. The molecule has 0 aromatic carbocycles. The molecule has 100 valence electrons. The van der Waals surface area contributed by atoms with Crippen LogP contribution in [0.15, 0.2) is 12.1 Å². The minimum atomic E-state index is 0.765. The number of pyridine rings is 1. The fourth-order valence-corrected chi connectivity index (χ4v) is 2.30. The van der Waals surface area contributed by atoms with Crippen LogP contribution >= 0.6 is 0 Å². The smallest absolute Gasteiger partial charge is 0.0806 e. The first-order valence-corrected chi connectivity index (χ1v) is 6.51. The van der Waals surface area contributed by atoms with Crippen LogP contribution in [0.2, 0.25) is 0 Å². The number of hydrogen-bond acceptors (Lipinski definition) is 3. The SMILES string of the molecule is [CH2-][NH+]1CCc2nc(CN(C)CCOC)ccc2C1. The van der Waals surface area contributed by atoms with Crippen molar-refractivity contribution in [3.8, 4) is 0 Å². The zero-order valence-electron chi connectivity index (χ0n) is 11.4. The van der Waals surface area contributed by atoms with Gasteiger partial charge < -0.3 is 9.64 Å². The molecule has 0 aliphatic carbocycles. The molecule has 1 aromatic heterocycles. The van der Waals surface area contributed by atoms with Gasteiger partial charge in [-0.05, 0) is 19.2 Å². The highest BCUT2D eigenvalue weighted by molar-refractivity contribution is 5.23. The van der Waals surface area contributed by atoms with Crippen molar-refractivity contribution in [2.45, 2.75) is 19.5 Å². The Morgan fingerprint density at radius 2 is 2.33 bits per heavy atom.